The number of fused-ring (bicyclic) bond motifs is 1. The van der Waals surface area contributed by atoms with Gasteiger partial charge in [-0.1, -0.05) is 12.2 Å². The Labute approximate surface area is 147 Å². The Balaban J connectivity index is 1.79. The number of hydrogen-bond donors (Lipinski definition) is 2. The van der Waals surface area contributed by atoms with Crippen molar-refractivity contribution in [3.63, 3.8) is 0 Å². The topological polar surface area (TPSA) is 70.1 Å². The molecule has 1 fully saturated rings. The highest BCUT2D eigenvalue weighted by atomic mass is 16.2. The molecule has 2 aromatic rings. The van der Waals surface area contributed by atoms with Crippen LogP contribution in [0.15, 0.2) is 35.4 Å². The first-order valence-electron chi connectivity index (χ1n) is 8.88. The van der Waals surface area contributed by atoms with Crippen LogP contribution < -0.4 is 10.9 Å². The lowest BCUT2D eigenvalue weighted by Crippen LogP contribution is -2.37. The Kier molecular flexibility index (Phi) is 5.38. The molecular formula is C19H26N4O2. The number of hydrogen-bond acceptors (Lipinski definition) is 3. The molecule has 3 rings (SSSR count). The standard InChI is InChI=1S/C19H26N4O2/c1-3-4-9-23-13-16(15-5-8-20-17(15)19(23)25)18(24)21-12-14-6-10-22(2)11-7-14/h3-5,8,13-14,20H,6-7,9-12H2,1-2H3,(H,21,24). The molecule has 0 unspecified atom stereocenters. The van der Waals surface area contributed by atoms with Gasteiger partial charge in [0.2, 0.25) is 0 Å². The van der Waals surface area contributed by atoms with Crippen LogP contribution in [-0.2, 0) is 6.54 Å². The first-order chi connectivity index (χ1) is 12.1. The first kappa shape index (κ1) is 17.5. The predicted molar refractivity (Wildman–Crippen MR) is 99.9 cm³/mol. The Bertz CT molecular complexity index is 826. The molecule has 0 aliphatic carbocycles. The van der Waals surface area contributed by atoms with E-state index in [0.717, 1.165) is 25.9 Å². The number of carbonyl (C=O) groups is 1. The zero-order chi connectivity index (χ0) is 17.8. The molecule has 2 aromatic heterocycles. The van der Waals surface area contributed by atoms with Crippen LogP contribution in [0, 0.1) is 5.92 Å². The number of pyridine rings is 1. The fraction of sp³-hybridized carbons (Fsp3) is 0.474. The number of H-pyrrole nitrogens is 1. The summed E-state index contributed by atoms with van der Waals surface area (Å²) in [6, 6.07) is 1.79. The Hall–Kier alpha value is -2.34. The van der Waals surface area contributed by atoms with E-state index in [1.165, 1.54) is 0 Å². The van der Waals surface area contributed by atoms with Crippen LogP contribution in [0.1, 0.15) is 30.1 Å². The SMILES string of the molecule is CC=CCn1cc(C(=O)NCC2CCN(C)CC2)c2cc[nH]c2c1=O. The molecule has 6 nitrogen and oxygen atoms in total. The number of rotatable bonds is 5. The molecule has 6 heteroatoms. The number of likely N-dealkylation sites (tertiary alicyclic amines) is 1. The molecule has 0 atom stereocenters. The summed E-state index contributed by atoms with van der Waals surface area (Å²) in [6.07, 6.45) is 9.39. The normalized spacial score (nSPS) is 16.7. The van der Waals surface area contributed by atoms with Gasteiger partial charge in [-0.05, 0) is 51.9 Å². The van der Waals surface area contributed by atoms with Gasteiger partial charge in [0.05, 0.1) is 5.56 Å². The van der Waals surface area contributed by atoms with Gasteiger partial charge < -0.3 is 19.8 Å². The van der Waals surface area contributed by atoms with E-state index in [1.54, 1.807) is 23.0 Å². The number of carbonyl (C=O) groups excluding carboxylic acids is 1. The third kappa shape index (κ3) is 3.85. The highest BCUT2D eigenvalue weighted by Crippen LogP contribution is 2.17. The second-order valence-corrected chi connectivity index (χ2v) is 6.79. The van der Waals surface area contributed by atoms with Gasteiger partial charge in [0, 0.05) is 30.9 Å². The van der Waals surface area contributed by atoms with E-state index in [0.29, 0.717) is 35.5 Å². The molecule has 1 aliphatic heterocycles. The van der Waals surface area contributed by atoms with E-state index < -0.39 is 0 Å². The third-order valence-corrected chi connectivity index (χ3v) is 4.97. The number of nitrogens with one attached hydrogen (secondary N) is 2. The van der Waals surface area contributed by atoms with Crippen molar-refractivity contribution in [2.45, 2.75) is 26.3 Å². The van der Waals surface area contributed by atoms with Gasteiger partial charge in [-0.2, -0.15) is 0 Å². The second-order valence-electron chi connectivity index (χ2n) is 6.79. The Morgan fingerprint density at radius 1 is 1.40 bits per heavy atom. The Morgan fingerprint density at radius 2 is 2.16 bits per heavy atom. The van der Waals surface area contributed by atoms with Crippen molar-refractivity contribution >= 4 is 16.8 Å². The van der Waals surface area contributed by atoms with Gasteiger partial charge in [0.1, 0.15) is 5.52 Å². The molecule has 1 saturated heterocycles. The number of nitrogens with zero attached hydrogens (tertiary/aromatic N) is 2. The zero-order valence-electron chi connectivity index (χ0n) is 14.9. The summed E-state index contributed by atoms with van der Waals surface area (Å²) >= 11 is 0. The monoisotopic (exact) mass is 342 g/mol. The number of amides is 1. The summed E-state index contributed by atoms with van der Waals surface area (Å²) in [5.41, 5.74) is 0.926. The van der Waals surface area contributed by atoms with Crippen molar-refractivity contribution in [1.82, 2.24) is 19.8 Å². The lowest BCUT2D eigenvalue weighted by atomic mass is 9.97. The van der Waals surface area contributed by atoms with E-state index in [1.807, 2.05) is 19.1 Å². The third-order valence-electron chi connectivity index (χ3n) is 4.97. The summed E-state index contributed by atoms with van der Waals surface area (Å²) in [5, 5.41) is 3.75. The quantitative estimate of drug-likeness (QED) is 0.816. The molecule has 0 saturated carbocycles. The molecule has 0 spiro atoms. The summed E-state index contributed by atoms with van der Waals surface area (Å²) in [5.74, 6) is 0.411. The maximum atomic E-state index is 12.7. The minimum atomic E-state index is -0.113. The molecule has 3 heterocycles. The van der Waals surface area contributed by atoms with Crippen molar-refractivity contribution < 1.29 is 4.79 Å². The van der Waals surface area contributed by atoms with E-state index in [2.05, 4.69) is 22.2 Å². The molecule has 25 heavy (non-hydrogen) atoms. The molecule has 1 amide bonds. The van der Waals surface area contributed by atoms with Crippen molar-refractivity contribution in [2.24, 2.45) is 5.92 Å². The van der Waals surface area contributed by atoms with Crippen molar-refractivity contribution in [3.05, 3.63) is 46.5 Å². The summed E-state index contributed by atoms with van der Waals surface area (Å²) in [4.78, 5) is 30.5. The average molecular weight is 342 g/mol. The lowest BCUT2D eigenvalue weighted by Gasteiger charge is -2.28. The number of aromatic nitrogens is 2. The van der Waals surface area contributed by atoms with Crippen molar-refractivity contribution in [3.8, 4) is 0 Å². The highest BCUT2D eigenvalue weighted by Gasteiger charge is 2.19. The second kappa shape index (κ2) is 7.70. The number of aromatic amines is 1. The van der Waals surface area contributed by atoms with E-state index in [4.69, 9.17) is 0 Å². The van der Waals surface area contributed by atoms with Gasteiger partial charge in [-0.3, -0.25) is 9.59 Å². The van der Waals surface area contributed by atoms with Crippen LogP contribution in [0.4, 0.5) is 0 Å². The van der Waals surface area contributed by atoms with Crippen LogP contribution >= 0.6 is 0 Å². The van der Waals surface area contributed by atoms with Crippen molar-refractivity contribution in [2.75, 3.05) is 26.7 Å². The molecule has 2 N–H and O–H groups in total. The highest BCUT2D eigenvalue weighted by molar-refractivity contribution is 6.05. The van der Waals surface area contributed by atoms with Gasteiger partial charge in [0.15, 0.2) is 0 Å². The summed E-state index contributed by atoms with van der Waals surface area (Å²) in [7, 11) is 2.13. The van der Waals surface area contributed by atoms with Gasteiger partial charge >= 0.3 is 0 Å². The lowest BCUT2D eigenvalue weighted by molar-refractivity contribution is 0.0940. The van der Waals surface area contributed by atoms with Gasteiger partial charge in [-0.15, -0.1) is 0 Å². The van der Waals surface area contributed by atoms with E-state index in [9.17, 15) is 9.59 Å². The summed E-state index contributed by atoms with van der Waals surface area (Å²) < 4.78 is 1.57. The van der Waals surface area contributed by atoms with E-state index >= 15 is 0 Å². The van der Waals surface area contributed by atoms with Crippen LogP contribution in [0.3, 0.4) is 0 Å². The summed E-state index contributed by atoms with van der Waals surface area (Å²) in [6.45, 7) is 5.22. The smallest absolute Gasteiger partial charge is 0.275 e. The van der Waals surface area contributed by atoms with Crippen LogP contribution in [0.5, 0.6) is 0 Å². The molecular weight excluding hydrogens is 316 g/mol. The molecule has 1 aliphatic rings. The van der Waals surface area contributed by atoms with Crippen LogP contribution in [-0.4, -0.2) is 47.0 Å². The minimum Gasteiger partial charge on any atom is -0.357 e. The van der Waals surface area contributed by atoms with Crippen LogP contribution in [0.25, 0.3) is 10.9 Å². The zero-order valence-corrected chi connectivity index (χ0v) is 14.9. The molecule has 0 radical (unpaired) electrons. The predicted octanol–water partition coefficient (Wildman–Crippen LogP) is 1.98. The molecule has 0 bridgehead atoms. The van der Waals surface area contributed by atoms with Crippen LogP contribution in [0.2, 0.25) is 0 Å². The minimum absolute atomic E-state index is 0.107. The number of piperidine rings is 1. The van der Waals surface area contributed by atoms with Gasteiger partial charge in [-0.25, -0.2) is 0 Å². The van der Waals surface area contributed by atoms with E-state index in [-0.39, 0.29) is 11.5 Å². The maximum Gasteiger partial charge on any atom is 0.275 e. The first-order valence-corrected chi connectivity index (χ1v) is 8.88. The number of allylic oxidation sites excluding steroid dienone is 2. The fourth-order valence-electron chi connectivity index (χ4n) is 3.33. The Morgan fingerprint density at radius 3 is 2.88 bits per heavy atom. The van der Waals surface area contributed by atoms with Crippen molar-refractivity contribution in [1.29, 1.82) is 0 Å². The fourth-order valence-corrected chi connectivity index (χ4v) is 3.33. The largest absolute Gasteiger partial charge is 0.357 e. The molecule has 0 aromatic carbocycles. The molecule has 134 valence electrons. The maximum absolute atomic E-state index is 12.7. The van der Waals surface area contributed by atoms with Gasteiger partial charge in [0.25, 0.3) is 11.5 Å². The average Bonchev–Trinajstić information content (AvgIpc) is 3.10.